The van der Waals surface area contributed by atoms with E-state index < -0.39 is 6.10 Å². The average Bonchev–Trinajstić information content (AvgIpc) is 3.32. The molecular weight excluding hydrogens is 464 g/mol. The quantitative estimate of drug-likeness (QED) is 0.377. The lowest BCUT2D eigenvalue weighted by Crippen LogP contribution is -2.36. The van der Waals surface area contributed by atoms with Crippen LogP contribution in [0.25, 0.3) is 32.0 Å². The Balaban J connectivity index is 1.56. The number of nitrogens with zero attached hydrogens (tertiary/aromatic N) is 4. The fourth-order valence-electron chi connectivity index (χ4n) is 3.87. The molecule has 0 radical (unpaired) electrons. The maximum absolute atomic E-state index is 12.5. The van der Waals surface area contributed by atoms with Gasteiger partial charge in [-0.25, -0.2) is 15.0 Å². The highest BCUT2D eigenvalue weighted by Crippen LogP contribution is 2.39. The van der Waals surface area contributed by atoms with Gasteiger partial charge in [0.25, 0.3) is 5.91 Å². The summed E-state index contributed by atoms with van der Waals surface area (Å²) in [5.41, 5.74) is 8.84. The second-order valence-corrected chi connectivity index (χ2v) is 9.46. The third kappa shape index (κ3) is 5.09. The summed E-state index contributed by atoms with van der Waals surface area (Å²) in [6, 6.07) is 13.1. The van der Waals surface area contributed by atoms with Crippen molar-refractivity contribution in [2.45, 2.75) is 13.0 Å². The molecule has 180 valence electrons. The molecule has 0 aliphatic carbocycles. The molecule has 5 rings (SSSR count). The van der Waals surface area contributed by atoms with Crippen LogP contribution in [-0.4, -0.2) is 64.9 Å². The maximum Gasteiger partial charge on any atom is 0.251 e. The normalized spacial score (nSPS) is 14.7. The summed E-state index contributed by atoms with van der Waals surface area (Å²) in [5.74, 6) is 1.67. The Labute approximate surface area is 206 Å². The number of nitrogens with one attached hydrogen (secondary N) is 1. The number of thiophene rings is 1. The van der Waals surface area contributed by atoms with E-state index in [9.17, 15) is 9.90 Å². The molecule has 4 heterocycles. The minimum atomic E-state index is -0.604. The van der Waals surface area contributed by atoms with E-state index >= 15 is 0 Å². The van der Waals surface area contributed by atoms with Crippen LogP contribution in [0.15, 0.2) is 48.7 Å². The van der Waals surface area contributed by atoms with Crippen LogP contribution in [-0.2, 0) is 4.74 Å². The molecule has 1 amide bonds. The largest absolute Gasteiger partial charge is 0.392 e. The number of pyridine rings is 1. The van der Waals surface area contributed by atoms with Crippen molar-refractivity contribution >= 4 is 39.1 Å². The lowest BCUT2D eigenvalue weighted by atomic mass is 10.1. The number of nitrogen functional groups attached to an aromatic ring is 1. The third-order valence-electron chi connectivity index (χ3n) is 5.68. The molecule has 0 spiro atoms. The number of amides is 1. The zero-order valence-corrected chi connectivity index (χ0v) is 20.1. The summed E-state index contributed by atoms with van der Waals surface area (Å²) in [4.78, 5) is 29.7. The molecule has 0 saturated carbocycles. The summed E-state index contributed by atoms with van der Waals surface area (Å²) in [6.07, 6.45) is 1.08. The zero-order valence-electron chi connectivity index (χ0n) is 19.3. The average molecular weight is 491 g/mol. The number of carbonyl (C=O) groups excluding carboxylic acids is 1. The second kappa shape index (κ2) is 9.95. The van der Waals surface area contributed by atoms with Gasteiger partial charge in [-0.15, -0.1) is 11.3 Å². The van der Waals surface area contributed by atoms with Gasteiger partial charge in [-0.1, -0.05) is 12.1 Å². The Kier molecular flexibility index (Phi) is 6.58. The van der Waals surface area contributed by atoms with Gasteiger partial charge in [0.15, 0.2) is 11.6 Å². The summed E-state index contributed by atoms with van der Waals surface area (Å²) < 4.78 is 6.53. The Morgan fingerprint density at radius 3 is 2.77 bits per heavy atom. The van der Waals surface area contributed by atoms with Crippen molar-refractivity contribution in [2.75, 3.05) is 43.5 Å². The molecule has 4 N–H and O–H groups in total. The van der Waals surface area contributed by atoms with Gasteiger partial charge in [-0.05, 0) is 42.8 Å². The van der Waals surface area contributed by atoms with Gasteiger partial charge in [0.2, 0.25) is 0 Å². The predicted molar refractivity (Wildman–Crippen MR) is 138 cm³/mol. The van der Waals surface area contributed by atoms with Gasteiger partial charge < -0.3 is 25.8 Å². The highest BCUT2D eigenvalue weighted by molar-refractivity contribution is 7.22. The van der Waals surface area contributed by atoms with Gasteiger partial charge in [-0.3, -0.25) is 4.79 Å². The van der Waals surface area contributed by atoms with E-state index in [0.717, 1.165) is 45.1 Å². The molecule has 9 nitrogen and oxygen atoms in total. The highest BCUT2D eigenvalue weighted by Gasteiger charge is 2.21. The summed E-state index contributed by atoms with van der Waals surface area (Å²) >= 11 is 1.60. The molecule has 1 fully saturated rings. The van der Waals surface area contributed by atoms with Gasteiger partial charge in [0.1, 0.15) is 5.82 Å². The summed E-state index contributed by atoms with van der Waals surface area (Å²) in [5, 5.41) is 12.2. The van der Waals surface area contributed by atoms with Crippen LogP contribution in [0.2, 0.25) is 0 Å². The molecule has 35 heavy (non-hydrogen) atoms. The topological polar surface area (TPSA) is 126 Å². The lowest BCUT2D eigenvalue weighted by Gasteiger charge is -2.28. The molecule has 1 atom stereocenters. The standard InChI is InChI=1S/C25H26N6O3S/c1-15(32)13-28-25(33)17-4-2-3-16(11-17)20-12-19-22(35-20)24(31-7-9-34-10-8-31)30-23(29-19)18-5-6-21(26)27-14-18/h2-6,11-12,14-15,32H,7-10,13H2,1H3,(H2,26,27)(H,28,33)/t15-/m0/s1. The van der Waals surface area contributed by atoms with Gasteiger partial charge in [0.05, 0.1) is 29.5 Å². The van der Waals surface area contributed by atoms with E-state index in [4.69, 9.17) is 20.4 Å². The number of rotatable bonds is 6. The third-order valence-corrected chi connectivity index (χ3v) is 6.85. The molecule has 10 heteroatoms. The molecule has 0 bridgehead atoms. The molecule has 1 aromatic carbocycles. The Hall–Kier alpha value is -3.60. The number of hydrogen-bond donors (Lipinski definition) is 3. The predicted octanol–water partition coefficient (Wildman–Crippen LogP) is 2.95. The minimum Gasteiger partial charge on any atom is -0.392 e. The van der Waals surface area contributed by atoms with Crippen LogP contribution in [0, 0.1) is 0 Å². The zero-order chi connectivity index (χ0) is 24.4. The number of benzene rings is 1. The van der Waals surface area contributed by atoms with Gasteiger partial charge in [-0.2, -0.15) is 0 Å². The number of morpholine rings is 1. The Bertz CT molecular complexity index is 1350. The van der Waals surface area contributed by atoms with Gasteiger partial charge in [0, 0.05) is 41.8 Å². The van der Waals surface area contributed by atoms with Crippen LogP contribution in [0.5, 0.6) is 0 Å². The lowest BCUT2D eigenvalue weighted by molar-refractivity contribution is 0.0924. The first-order valence-electron chi connectivity index (χ1n) is 11.4. The van der Waals surface area contributed by atoms with Crippen LogP contribution in [0.3, 0.4) is 0 Å². The van der Waals surface area contributed by atoms with Crippen molar-refractivity contribution in [3.8, 4) is 21.8 Å². The fraction of sp³-hybridized carbons (Fsp3) is 0.280. The number of ether oxygens (including phenoxy) is 1. The van der Waals surface area contributed by atoms with E-state index in [1.165, 1.54) is 0 Å². The first-order chi connectivity index (χ1) is 17.0. The first kappa shape index (κ1) is 23.2. The van der Waals surface area contributed by atoms with E-state index in [1.807, 2.05) is 30.3 Å². The van der Waals surface area contributed by atoms with Crippen LogP contribution >= 0.6 is 11.3 Å². The molecule has 3 aromatic heterocycles. The van der Waals surface area contributed by atoms with Gasteiger partial charge >= 0.3 is 0 Å². The number of carbonyl (C=O) groups is 1. The number of fused-ring (bicyclic) bond motifs is 1. The molecule has 4 aromatic rings. The van der Waals surface area contributed by atoms with Crippen LogP contribution < -0.4 is 16.0 Å². The van der Waals surface area contributed by atoms with Crippen molar-refractivity contribution in [1.82, 2.24) is 20.3 Å². The summed E-state index contributed by atoms with van der Waals surface area (Å²) in [6.45, 7) is 4.62. The number of anilines is 2. The van der Waals surface area contributed by atoms with Crippen LogP contribution in [0.1, 0.15) is 17.3 Å². The molecule has 1 saturated heterocycles. The Morgan fingerprint density at radius 1 is 1.20 bits per heavy atom. The number of aromatic nitrogens is 3. The fourth-order valence-corrected chi connectivity index (χ4v) is 4.98. The Morgan fingerprint density at radius 2 is 2.03 bits per heavy atom. The minimum absolute atomic E-state index is 0.202. The van der Waals surface area contributed by atoms with Crippen molar-refractivity contribution in [1.29, 1.82) is 0 Å². The number of hydrogen-bond acceptors (Lipinski definition) is 9. The van der Waals surface area contributed by atoms with Crippen molar-refractivity contribution in [3.63, 3.8) is 0 Å². The second-order valence-electron chi connectivity index (χ2n) is 8.41. The smallest absolute Gasteiger partial charge is 0.251 e. The number of aliphatic hydroxyl groups excluding tert-OH is 1. The van der Waals surface area contributed by atoms with E-state index in [2.05, 4.69) is 15.2 Å². The monoisotopic (exact) mass is 490 g/mol. The van der Waals surface area contributed by atoms with Crippen molar-refractivity contribution < 1.29 is 14.6 Å². The molecular formula is C25H26N6O3S. The molecule has 1 aliphatic rings. The number of aliphatic hydroxyl groups is 1. The van der Waals surface area contributed by atoms with Crippen LogP contribution in [0.4, 0.5) is 11.6 Å². The van der Waals surface area contributed by atoms with E-state index in [1.54, 1.807) is 36.6 Å². The molecule has 0 unspecified atom stereocenters. The van der Waals surface area contributed by atoms with E-state index in [-0.39, 0.29) is 12.5 Å². The molecule has 1 aliphatic heterocycles. The highest BCUT2D eigenvalue weighted by atomic mass is 32.1. The van der Waals surface area contributed by atoms with E-state index in [0.29, 0.717) is 30.4 Å². The number of nitrogens with two attached hydrogens (primary N) is 1. The van der Waals surface area contributed by atoms with Crippen molar-refractivity contribution in [3.05, 3.63) is 54.2 Å². The summed E-state index contributed by atoms with van der Waals surface area (Å²) in [7, 11) is 0. The maximum atomic E-state index is 12.5. The SMILES string of the molecule is C[C@H](O)CNC(=O)c1cccc(-c2cc3nc(-c4ccc(N)nc4)nc(N4CCOCC4)c3s2)c1. The first-order valence-corrected chi connectivity index (χ1v) is 12.2. The van der Waals surface area contributed by atoms with Crippen molar-refractivity contribution in [2.24, 2.45) is 0 Å².